The maximum absolute atomic E-state index is 12.3. The van der Waals surface area contributed by atoms with Crippen molar-refractivity contribution in [2.75, 3.05) is 0 Å². The fourth-order valence-corrected chi connectivity index (χ4v) is 3.49. The van der Waals surface area contributed by atoms with E-state index in [0.717, 1.165) is 6.42 Å². The lowest BCUT2D eigenvalue weighted by atomic mass is 9.73. The highest BCUT2D eigenvalue weighted by Gasteiger charge is 2.44. The highest BCUT2D eigenvalue weighted by molar-refractivity contribution is 4.99. The maximum Gasteiger partial charge on any atom is 0.330 e. The first-order chi connectivity index (χ1) is 10.4. The Morgan fingerprint density at radius 3 is 2.30 bits per heavy atom. The molecule has 5 heteroatoms. The van der Waals surface area contributed by atoms with Crippen LogP contribution in [0.15, 0.2) is 15.7 Å². The van der Waals surface area contributed by atoms with Gasteiger partial charge in [-0.25, -0.2) is 9.36 Å². The molecule has 1 fully saturated rings. The second-order valence-corrected chi connectivity index (χ2v) is 9.07. The van der Waals surface area contributed by atoms with Gasteiger partial charge >= 0.3 is 5.69 Å². The molecule has 0 amide bonds. The van der Waals surface area contributed by atoms with Crippen molar-refractivity contribution in [2.45, 2.75) is 73.6 Å². The summed E-state index contributed by atoms with van der Waals surface area (Å²) in [6.45, 7) is 14.9. The fraction of sp³-hybridized carbons (Fsp3) is 0.778. The van der Waals surface area contributed by atoms with Gasteiger partial charge in [-0.15, -0.1) is 0 Å². The van der Waals surface area contributed by atoms with Gasteiger partial charge in [-0.3, -0.25) is 4.79 Å². The minimum atomic E-state index is -0.483. The molecule has 0 bridgehead atoms. The molecule has 2 rings (SSSR count). The molecule has 130 valence electrons. The van der Waals surface area contributed by atoms with Crippen LogP contribution in [0.4, 0.5) is 0 Å². The highest BCUT2D eigenvalue weighted by atomic mass is 16.5. The molecule has 0 aromatic carbocycles. The summed E-state index contributed by atoms with van der Waals surface area (Å²) in [5.41, 5.74) is 0.0941. The van der Waals surface area contributed by atoms with E-state index in [2.05, 4.69) is 46.5 Å². The first kappa shape index (κ1) is 18.0. The maximum atomic E-state index is 12.3. The third-order valence-corrected chi connectivity index (χ3v) is 4.55. The lowest BCUT2D eigenvalue weighted by Gasteiger charge is -2.33. The molecule has 3 atom stereocenters. The topological polar surface area (TPSA) is 64.1 Å². The lowest BCUT2D eigenvalue weighted by molar-refractivity contribution is -0.0353. The number of hydrogen-bond donors (Lipinski definition) is 1. The van der Waals surface area contributed by atoms with Crippen molar-refractivity contribution < 1.29 is 4.74 Å². The summed E-state index contributed by atoms with van der Waals surface area (Å²) in [5.74, 6) is 0.305. The number of H-pyrrole nitrogens is 1. The smallest absolute Gasteiger partial charge is 0.330 e. The molecule has 0 saturated carbocycles. The van der Waals surface area contributed by atoms with Crippen LogP contribution in [-0.2, 0) is 4.74 Å². The van der Waals surface area contributed by atoms with E-state index in [1.807, 2.05) is 0 Å². The van der Waals surface area contributed by atoms with Gasteiger partial charge in [0.05, 0.1) is 6.10 Å². The molecule has 1 unspecified atom stereocenters. The minimum absolute atomic E-state index is 0.0487. The Morgan fingerprint density at radius 2 is 1.83 bits per heavy atom. The summed E-state index contributed by atoms with van der Waals surface area (Å²) < 4.78 is 7.44. The van der Waals surface area contributed by atoms with E-state index in [1.54, 1.807) is 6.92 Å². The van der Waals surface area contributed by atoms with E-state index in [9.17, 15) is 9.59 Å². The average Bonchev–Trinajstić information content (AvgIpc) is 2.68. The van der Waals surface area contributed by atoms with Gasteiger partial charge in [0.25, 0.3) is 5.56 Å². The number of rotatable bonds is 2. The molecule has 1 saturated heterocycles. The minimum Gasteiger partial charge on any atom is -0.354 e. The van der Waals surface area contributed by atoms with E-state index in [0.29, 0.717) is 18.0 Å². The van der Waals surface area contributed by atoms with Crippen molar-refractivity contribution in [1.29, 1.82) is 0 Å². The lowest BCUT2D eigenvalue weighted by Crippen LogP contribution is -2.38. The van der Waals surface area contributed by atoms with Crippen LogP contribution in [0.1, 0.15) is 66.3 Å². The van der Waals surface area contributed by atoms with Gasteiger partial charge in [-0.05, 0) is 36.5 Å². The molecule has 1 aromatic heterocycles. The monoisotopic (exact) mass is 322 g/mol. The summed E-state index contributed by atoms with van der Waals surface area (Å²) in [6, 6.07) is 1.45. The quantitative estimate of drug-likeness (QED) is 0.909. The van der Waals surface area contributed by atoms with Gasteiger partial charge in [-0.1, -0.05) is 41.5 Å². The Labute approximate surface area is 138 Å². The van der Waals surface area contributed by atoms with Gasteiger partial charge in [0.2, 0.25) is 0 Å². The molecule has 0 radical (unpaired) electrons. The number of aromatic amines is 1. The second kappa shape index (κ2) is 5.93. The van der Waals surface area contributed by atoms with E-state index in [4.69, 9.17) is 4.74 Å². The second-order valence-electron chi connectivity index (χ2n) is 9.07. The number of hydrogen-bond acceptors (Lipinski definition) is 3. The molecular weight excluding hydrogens is 292 g/mol. The summed E-state index contributed by atoms with van der Waals surface area (Å²) in [7, 11) is 0. The highest BCUT2D eigenvalue weighted by Crippen LogP contribution is 2.46. The van der Waals surface area contributed by atoms with Crippen LogP contribution < -0.4 is 11.2 Å². The zero-order valence-electron chi connectivity index (χ0n) is 15.4. The van der Waals surface area contributed by atoms with Crippen LogP contribution in [0, 0.1) is 23.7 Å². The molecule has 1 aliphatic heterocycles. The molecule has 2 heterocycles. The molecule has 23 heavy (non-hydrogen) atoms. The molecule has 1 aliphatic rings. The Morgan fingerprint density at radius 1 is 1.22 bits per heavy atom. The normalized spacial score (nSPS) is 25.8. The van der Waals surface area contributed by atoms with Crippen LogP contribution in [0.5, 0.6) is 0 Å². The number of aromatic nitrogens is 2. The Balaban J connectivity index is 2.37. The van der Waals surface area contributed by atoms with Crippen molar-refractivity contribution in [1.82, 2.24) is 9.55 Å². The van der Waals surface area contributed by atoms with Crippen LogP contribution in [-0.4, -0.2) is 15.7 Å². The summed E-state index contributed by atoms with van der Waals surface area (Å²) in [6.07, 6.45) is 1.16. The number of ether oxygens (including phenoxy) is 1. The molecule has 1 N–H and O–H groups in total. The van der Waals surface area contributed by atoms with Crippen molar-refractivity contribution in [3.05, 3.63) is 32.6 Å². The molecule has 1 aromatic rings. The summed E-state index contributed by atoms with van der Waals surface area (Å²) >= 11 is 0. The van der Waals surface area contributed by atoms with Crippen LogP contribution in [0.25, 0.3) is 0 Å². The van der Waals surface area contributed by atoms with Gasteiger partial charge in [-0.2, -0.15) is 0 Å². The zero-order valence-corrected chi connectivity index (χ0v) is 15.4. The van der Waals surface area contributed by atoms with Crippen LogP contribution >= 0.6 is 0 Å². The predicted molar refractivity (Wildman–Crippen MR) is 91.6 cm³/mol. The average molecular weight is 322 g/mol. The van der Waals surface area contributed by atoms with Gasteiger partial charge < -0.3 is 9.72 Å². The van der Waals surface area contributed by atoms with E-state index >= 15 is 0 Å². The Kier molecular flexibility index (Phi) is 4.64. The van der Waals surface area contributed by atoms with E-state index in [1.165, 1.54) is 10.6 Å². The molecular formula is C18H30N2O3. The largest absolute Gasteiger partial charge is 0.354 e. The van der Waals surface area contributed by atoms with Crippen molar-refractivity contribution >= 4 is 0 Å². The summed E-state index contributed by atoms with van der Waals surface area (Å²) in [4.78, 5) is 27.2. The van der Waals surface area contributed by atoms with E-state index in [-0.39, 0.29) is 28.2 Å². The number of nitrogens with one attached hydrogen (secondary N) is 1. The Hall–Kier alpha value is -1.36. The van der Waals surface area contributed by atoms with E-state index < -0.39 is 6.23 Å². The van der Waals surface area contributed by atoms with Gasteiger partial charge in [0.15, 0.2) is 0 Å². The van der Waals surface area contributed by atoms with Crippen molar-refractivity contribution in [3.8, 4) is 0 Å². The molecule has 5 nitrogen and oxygen atoms in total. The van der Waals surface area contributed by atoms with Crippen LogP contribution in [0.3, 0.4) is 0 Å². The first-order valence-corrected chi connectivity index (χ1v) is 8.36. The third kappa shape index (κ3) is 4.14. The fourth-order valence-electron chi connectivity index (χ4n) is 3.49. The summed E-state index contributed by atoms with van der Waals surface area (Å²) in [5, 5.41) is 0. The number of aryl methyl sites for hydroxylation is 1. The van der Waals surface area contributed by atoms with Crippen molar-refractivity contribution in [3.63, 3.8) is 0 Å². The Bertz CT molecular complexity index is 642. The predicted octanol–water partition coefficient (Wildman–Crippen LogP) is 3.23. The molecule has 0 spiro atoms. The van der Waals surface area contributed by atoms with Gasteiger partial charge in [0, 0.05) is 11.8 Å². The van der Waals surface area contributed by atoms with Gasteiger partial charge in [0.1, 0.15) is 6.23 Å². The standard InChI is InChI=1S/C18H30N2O3/c1-11-8-14(21)20(16(22)19-11)15-9-12(18(5,6)7)13(23-15)10-17(2,3)4/h8,12-13,15H,9-10H2,1-7H3,(H,19,22)/t12-,13?,15-/m1/s1. The third-order valence-electron chi connectivity index (χ3n) is 4.55. The van der Waals surface area contributed by atoms with Crippen molar-refractivity contribution in [2.24, 2.45) is 16.7 Å². The SMILES string of the molecule is Cc1cc(=O)n([C@H]2C[C@@H](C(C)(C)C)C(CC(C)(C)C)O2)c(=O)[nH]1. The first-order valence-electron chi connectivity index (χ1n) is 8.36. The molecule has 0 aliphatic carbocycles. The van der Waals surface area contributed by atoms with Crippen LogP contribution in [0.2, 0.25) is 0 Å². The number of nitrogens with zero attached hydrogens (tertiary/aromatic N) is 1. The zero-order chi connectivity index (χ0) is 17.6.